The van der Waals surface area contributed by atoms with Gasteiger partial charge in [-0.1, -0.05) is 65.5 Å². The number of aliphatic hydroxyl groups is 1. The molecule has 2 heterocycles. The normalized spacial score (nSPS) is 22.5. The molecule has 2 amide bonds. The number of halogens is 2. The number of nitrogens with zero attached hydrogens (tertiary/aromatic N) is 2. The molecule has 5 rings (SSSR count). The predicted molar refractivity (Wildman–Crippen MR) is 171 cm³/mol. The number of hydrogen-bond donors (Lipinski definition) is 3. The number of aliphatic hydroxyl groups excluding tert-OH is 1. The summed E-state index contributed by atoms with van der Waals surface area (Å²) in [5, 5.41) is 15.1. The fourth-order valence-corrected chi connectivity index (χ4v) is 8.38. The molecular weight excluding hydrogens is 663 g/mol. The summed E-state index contributed by atoms with van der Waals surface area (Å²) in [5.74, 6) is -1.87. The van der Waals surface area contributed by atoms with E-state index in [0.29, 0.717) is 45.0 Å². The SMILES string of the molecule is CS(=O)(=O)N[C@H]1CCCC[C@@H]1N1C(=O)c2ccccc2[C@@H](C(=O)NOCc2cc(C(O)CN=O)cs2)[C@@H]1c1ccc(Cl)cc1Cl. The zero-order chi connectivity index (χ0) is 32.3. The van der Waals surface area contributed by atoms with E-state index in [9.17, 15) is 28.0 Å². The van der Waals surface area contributed by atoms with Crippen molar-refractivity contribution in [2.45, 2.75) is 62.4 Å². The molecule has 15 heteroatoms. The number of amides is 2. The molecule has 11 nitrogen and oxygen atoms in total. The van der Waals surface area contributed by atoms with Gasteiger partial charge in [0.25, 0.3) is 11.8 Å². The Morgan fingerprint density at radius 3 is 2.64 bits per heavy atom. The quantitative estimate of drug-likeness (QED) is 0.183. The molecule has 0 saturated heterocycles. The van der Waals surface area contributed by atoms with E-state index in [1.807, 2.05) is 0 Å². The van der Waals surface area contributed by atoms with Crippen molar-refractivity contribution in [1.29, 1.82) is 0 Å². The highest BCUT2D eigenvalue weighted by Gasteiger charge is 2.49. The van der Waals surface area contributed by atoms with Crippen LogP contribution in [0.4, 0.5) is 0 Å². The number of hydrogen-bond acceptors (Lipinski definition) is 9. The van der Waals surface area contributed by atoms with Gasteiger partial charge in [-0.25, -0.2) is 18.6 Å². The molecule has 2 aliphatic rings. The van der Waals surface area contributed by atoms with Crippen LogP contribution in [0, 0.1) is 4.91 Å². The van der Waals surface area contributed by atoms with Crippen LogP contribution >= 0.6 is 34.5 Å². The van der Waals surface area contributed by atoms with Gasteiger partial charge in [0.15, 0.2) is 0 Å². The summed E-state index contributed by atoms with van der Waals surface area (Å²) in [4.78, 5) is 46.9. The van der Waals surface area contributed by atoms with Crippen molar-refractivity contribution >= 4 is 56.4 Å². The van der Waals surface area contributed by atoms with Gasteiger partial charge in [0.2, 0.25) is 10.0 Å². The van der Waals surface area contributed by atoms with Crippen molar-refractivity contribution in [3.05, 3.63) is 96.0 Å². The summed E-state index contributed by atoms with van der Waals surface area (Å²) < 4.78 is 27.5. The van der Waals surface area contributed by atoms with Gasteiger partial charge in [0.05, 0.1) is 18.2 Å². The van der Waals surface area contributed by atoms with Crippen molar-refractivity contribution < 1.29 is 28.0 Å². The molecule has 3 aromatic rings. The molecule has 3 N–H and O–H groups in total. The van der Waals surface area contributed by atoms with E-state index < -0.39 is 46.1 Å². The fraction of sp³-hybridized carbons (Fsp3) is 0.400. The summed E-state index contributed by atoms with van der Waals surface area (Å²) in [5.41, 5.74) is 4.33. The fourth-order valence-electron chi connectivity index (χ4n) is 6.19. The number of carbonyl (C=O) groups is 2. The molecule has 1 aliphatic heterocycles. The van der Waals surface area contributed by atoms with Crippen LogP contribution < -0.4 is 10.2 Å². The minimum atomic E-state index is -3.61. The molecule has 0 bridgehead atoms. The molecule has 0 radical (unpaired) electrons. The number of hydroxylamine groups is 1. The Kier molecular flexibility index (Phi) is 10.6. The average molecular weight is 696 g/mol. The molecule has 0 spiro atoms. The Bertz CT molecular complexity index is 1690. The number of rotatable bonds is 11. The van der Waals surface area contributed by atoms with Crippen LogP contribution in [-0.2, 0) is 26.3 Å². The standard InChI is InChI=1S/C30H32Cl2N4O7S2/c1-45(41,42)35-24-8-4-5-9-25(24)36-28(22-11-10-18(31)13-23(22)32)27(20-6-2-3-7-21(20)30(36)39)29(38)34-43-15-19-12-17(16-44-19)26(37)14-33-40/h2-3,6-7,10-13,16,24-28,35,37H,4-5,8-9,14-15H2,1H3,(H,34,38)/t24-,25-,26?,27+,28-/m0/s1. The number of benzene rings is 2. The molecule has 1 unspecified atom stereocenters. The Morgan fingerprint density at radius 1 is 1.16 bits per heavy atom. The highest BCUT2D eigenvalue weighted by atomic mass is 35.5. The van der Waals surface area contributed by atoms with Gasteiger partial charge in [-0.2, -0.15) is 4.91 Å². The predicted octanol–water partition coefficient (Wildman–Crippen LogP) is 5.24. The summed E-state index contributed by atoms with van der Waals surface area (Å²) >= 11 is 14.3. The number of fused-ring (bicyclic) bond motifs is 1. The second-order valence-corrected chi connectivity index (χ2v) is 14.8. The van der Waals surface area contributed by atoms with E-state index in [2.05, 4.69) is 15.4 Å². The third-order valence-corrected chi connectivity index (χ3v) is 10.3. The molecule has 1 saturated carbocycles. The van der Waals surface area contributed by atoms with Crippen LogP contribution in [-0.4, -0.2) is 55.1 Å². The minimum absolute atomic E-state index is 0.0238. The summed E-state index contributed by atoms with van der Waals surface area (Å²) in [6, 6.07) is 11.3. The van der Waals surface area contributed by atoms with Gasteiger partial charge in [0, 0.05) is 32.6 Å². The minimum Gasteiger partial charge on any atom is -0.386 e. The van der Waals surface area contributed by atoms with Gasteiger partial charge in [-0.3, -0.25) is 14.4 Å². The largest absolute Gasteiger partial charge is 0.386 e. The Hall–Kier alpha value is -2.91. The van der Waals surface area contributed by atoms with E-state index in [1.54, 1.807) is 58.8 Å². The molecule has 5 atom stereocenters. The second-order valence-electron chi connectivity index (χ2n) is 11.2. The third-order valence-electron chi connectivity index (χ3n) is 8.09. The molecular formula is C30H32Cl2N4O7S2. The molecule has 240 valence electrons. The van der Waals surface area contributed by atoms with Gasteiger partial charge >= 0.3 is 0 Å². The van der Waals surface area contributed by atoms with Crippen LogP contribution in [0.1, 0.15) is 75.7 Å². The maximum Gasteiger partial charge on any atom is 0.255 e. The highest BCUT2D eigenvalue weighted by molar-refractivity contribution is 7.88. The van der Waals surface area contributed by atoms with Gasteiger partial charge in [-0.15, -0.1) is 11.3 Å². The zero-order valence-electron chi connectivity index (χ0n) is 24.2. The number of carbonyl (C=O) groups excluding carboxylic acids is 2. The maximum absolute atomic E-state index is 14.3. The van der Waals surface area contributed by atoms with E-state index >= 15 is 0 Å². The zero-order valence-corrected chi connectivity index (χ0v) is 27.3. The monoisotopic (exact) mass is 694 g/mol. The lowest BCUT2D eigenvalue weighted by molar-refractivity contribution is -0.138. The lowest BCUT2D eigenvalue weighted by atomic mass is 9.76. The van der Waals surface area contributed by atoms with Crippen LogP contribution in [0.3, 0.4) is 0 Å². The number of thiophene rings is 1. The number of nitroso groups, excluding NO2 is 1. The van der Waals surface area contributed by atoms with Crippen molar-refractivity contribution in [3.63, 3.8) is 0 Å². The Morgan fingerprint density at radius 2 is 1.91 bits per heavy atom. The van der Waals surface area contributed by atoms with E-state index in [-0.39, 0.29) is 24.1 Å². The van der Waals surface area contributed by atoms with Crippen LogP contribution in [0.2, 0.25) is 10.0 Å². The van der Waals surface area contributed by atoms with Crippen LogP contribution in [0.25, 0.3) is 0 Å². The number of sulfonamides is 1. The Labute approximate surface area is 274 Å². The first-order valence-electron chi connectivity index (χ1n) is 14.3. The molecule has 1 aromatic heterocycles. The molecule has 1 fully saturated rings. The highest BCUT2D eigenvalue weighted by Crippen LogP contribution is 2.48. The second kappa shape index (κ2) is 14.2. The smallest absolute Gasteiger partial charge is 0.255 e. The molecule has 45 heavy (non-hydrogen) atoms. The van der Waals surface area contributed by atoms with Crippen molar-refractivity contribution in [2.75, 3.05) is 12.8 Å². The van der Waals surface area contributed by atoms with Crippen molar-refractivity contribution in [1.82, 2.24) is 15.1 Å². The van der Waals surface area contributed by atoms with E-state index in [4.69, 9.17) is 28.0 Å². The lowest BCUT2D eigenvalue weighted by Gasteiger charge is -2.49. The first kappa shape index (κ1) is 33.5. The molecule has 1 aliphatic carbocycles. The van der Waals surface area contributed by atoms with Crippen molar-refractivity contribution in [3.8, 4) is 0 Å². The van der Waals surface area contributed by atoms with Gasteiger partial charge in [-0.05, 0) is 59.2 Å². The lowest BCUT2D eigenvalue weighted by Crippen LogP contribution is -2.59. The van der Waals surface area contributed by atoms with Crippen LogP contribution in [0.15, 0.2) is 59.1 Å². The maximum atomic E-state index is 14.3. The first-order valence-corrected chi connectivity index (χ1v) is 17.8. The summed E-state index contributed by atoms with van der Waals surface area (Å²) in [7, 11) is -3.61. The van der Waals surface area contributed by atoms with Crippen LogP contribution in [0.5, 0.6) is 0 Å². The summed E-state index contributed by atoms with van der Waals surface area (Å²) in [6.45, 7) is -0.301. The third kappa shape index (κ3) is 7.57. The Balaban J connectivity index is 1.52. The molecule has 2 aromatic carbocycles. The van der Waals surface area contributed by atoms with E-state index in [1.165, 1.54) is 11.3 Å². The summed E-state index contributed by atoms with van der Waals surface area (Å²) in [6.07, 6.45) is 2.63. The van der Waals surface area contributed by atoms with Gasteiger partial charge < -0.3 is 10.0 Å². The van der Waals surface area contributed by atoms with Crippen molar-refractivity contribution in [2.24, 2.45) is 5.18 Å². The topological polar surface area (TPSA) is 154 Å². The average Bonchev–Trinajstić information content (AvgIpc) is 3.46. The van der Waals surface area contributed by atoms with Gasteiger partial charge in [0.1, 0.15) is 19.3 Å². The first-order chi connectivity index (χ1) is 21.5. The van der Waals surface area contributed by atoms with E-state index in [0.717, 1.165) is 19.1 Å². The number of nitrogens with one attached hydrogen (secondary N) is 2.